The first-order valence-corrected chi connectivity index (χ1v) is 4.46. The minimum atomic E-state index is -0.831. The highest BCUT2D eigenvalue weighted by Crippen LogP contribution is 2.15. The van der Waals surface area contributed by atoms with Crippen molar-refractivity contribution < 1.29 is 9.90 Å². The minimum absolute atomic E-state index is 0.279. The molecular weight excluding hydrogens is 164 g/mol. The lowest BCUT2D eigenvalue weighted by molar-refractivity contribution is -0.140. The maximum absolute atomic E-state index is 10.8. The van der Waals surface area contributed by atoms with Crippen molar-refractivity contribution in [2.45, 2.75) is 33.1 Å². The molecule has 0 radical (unpaired) electrons. The summed E-state index contributed by atoms with van der Waals surface area (Å²) >= 11 is 0. The number of hydrogen-bond acceptors (Lipinski definition) is 1. The van der Waals surface area contributed by atoms with Gasteiger partial charge < -0.3 is 5.11 Å². The Kier molecular flexibility index (Phi) is 5.71. The van der Waals surface area contributed by atoms with Gasteiger partial charge in [0, 0.05) is 6.42 Å². The Morgan fingerprint density at radius 3 is 2.69 bits per heavy atom. The molecule has 0 spiro atoms. The van der Waals surface area contributed by atoms with Crippen LogP contribution in [0.3, 0.4) is 0 Å². The van der Waals surface area contributed by atoms with Crippen molar-refractivity contribution in [3.8, 4) is 12.3 Å². The van der Waals surface area contributed by atoms with Gasteiger partial charge >= 0.3 is 5.97 Å². The second kappa shape index (κ2) is 6.30. The van der Waals surface area contributed by atoms with E-state index in [1.807, 2.05) is 13.0 Å². The Morgan fingerprint density at radius 1 is 1.69 bits per heavy atom. The highest BCUT2D eigenvalue weighted by atomic mass is 16.4. The molecule has 1 N–H and O–H groups in total. The molecule has 0 aromatic heterocycles. The monoisotopic (exact) mass is 180 g/mol. The predicted octanol–water partition coefficient (Wildman–Crippen LogP) is 2.46. The van der Waals surface area contributed by atoms with Crippen LogP contribution in [0.5, 0.6) is 0 Å². The fourth-order valence-corrected chi connectivity index (χ4v) is 1.08. The molecule has 0 saturated carbocycles. The van der Waals surface area contributed by atoms with Gasteiger partial charge in [-0.05, 0) is 13.3 Å². The van der Waals surface area contributed by atoms with Crippen molar-refractivity contribution in [1.82, 2.24) is 0 Å². The molecule has 0 heterocycles. The van der Waals surface area contributed by atoms with E-state index in [4.69, 9.17) is 11.5 Å². The molecule has 0 aromatic carbocycles. The van der Waals surface area contributed by atoms with E-state index in [-0.39, 0.29) is 6.42 Å². The Hall–Kier alpha value is -1.23. The van der Waals surface area contributed by atoms with Gasteiger partial charge in [-0.15, -0.1) is 12.3 Å². The predicted molar refractivity (Wildman–Crippen MR) is 53.2 cm³/mol. The van der Waals surface area contributed by atoms with E-state index >= 15 is 0 Å². The summed E-state index contributed by atoms with van der Waals surface area (Å²) in [6.07, 6.45) is 9.27. The number of unbranched alkanes of at least 4 members (excludes halogenated alkanes) is 1. The molecule has 0 aliphatic heterocycles. The van der Waals surface area contributed by atoms with Gasteiger partial charge in [0.15, 0.2) is 0 Å². The van der Waals surface area contributed by atoms with Crippen molar-refractivity contribution in [3.05, 3.63) is 11.6 Å². The second-order valence-electron chi connectivity index (χ2n) is 3.04. The van der Waals surface area contributed by atoms with E-state index < -0.39 is 11.9 Å². The topological polar surface area (TPSA) is 37.3 Å². The van der Waals surface area contributed by atoms with Gasteiger partial charge in [-0.25, -0.2) is 0 Å². The summed E-state index contributed by atoms with van der Waals surface area (Å²) in [5.41, 5.74) is 0.868. The zero-order valence-corrected chi connectivity index (χ0v) is 8.21. The molecular formula is C11H16O2. The number of carbonyl (C=O) groups is 1. The summed E-state index contributed by atoms with van der Waals surface area (Å²) in [6, 6.07) is 0. The zero-order valence-electron chi connectivity index (χ0n) is 8.21. The highest BCUT2D eigenvalue weighted by molar-refractivity contribution is 5.73. The molecule has 72 valence electrons. The summed E-state index contributed by atoms with van der Waals surface area (Å²) in [7, 11) is 0. The molecule has 2 nitrogen and oxygen atoms in total. The van der Waals surface area contributed by atoms with Crippen LogP contribution in [-0.4, -0.2) is 11.1 Å². The van der Waals surface area contributed by atoms with Crippen LogP contribution in [0.4, 0.5) is 0 Å². The molecule has 0 amide bonds. The van der Waals surface area contributed by atoms with Crippen LogP contribution in [0.2, 0.25) is 0 Å². The molecule has 13 heavy (non-hydrogen) atoms. The van der Waals surface area contributed by atoms with Gasteiger partial charge in [0.25, 0.3) is 0 Å². The Balaban J connectivity index is 4.37. The lowest BCUT2D eigenvalue weighted by atomic mass is 9.96. The molecule has 0 aliphatic carbocycles. The number of carboxylic acid groups (broad SMARTS) is 1. The lowest BCUT2D eigenvalue weighted by Gasteiger charge is -2.09. The highest BCUT2D eigenvalue weighted by Gasteiger charge is 2.17. The van der Waals surface area contributed by atoms with E-state index in [0.717, 1.165) is 18.4 Å². The van der Waals surface area contributed by atoms with Gasteiger partial charge in [0.05, 0.1) is 5.92 Å². The van der Waals surface area contributed by atoms with Crippen LogP contribution in [0.25, 0.3) is 0 Å². The molecule has 0 bridgehead atoms. The summed E-state index contributed by atoms with van der Waals surface area (Å²) in [4.78, 5) is 10.8. The van der Waals surface area contributed by atoms with E-state index in [1.165, 1.54) is 0 Å². The number of carboxylic acids is 1. The van der Waals surface area contributed by atoms with Gasteiger partial charge in [0.2, 0.25) is 0 Å². The van der Waals surface area contributed by atoms with Gasteiger partial charge in [-0.1, -0.05) is 25.0 Å². The van der Waals surface area contributed by atoms with E-state index in [0.29, 0.717) is 0 Å². The Bertz CT molecular complexity index is 233. The smallest absolute Gasteiger partial charge is 0.311 e. The van der Waals surface area contributed by atoms with Crippen molar-refractivity contribution in [2.75, 3.05) is 0 Å². The van der Waals surface area contributed by atoms with E-state index in [9.17, 15) is 4.79 Å². The minimum Gasteiger partial charge on any atom is -0.481 e. The third-order valence-electron chi connectivity index (χ3n) is 1.92. The maximum atomic E-state index is 10.8. The third kappa shape index (κ3) is 4.37. The average molecular weight is 180 g/mol. The van der Waals surface area contributed by atoms with Gasteiger partial charge in [0.1, 0.15) is 0 Å². The average Bonchev–Trinajstić information content (AvgIpc) is 2.09. The number of aliphatic carboxylic acids is 1. The van der Waals surface area contributed by atoms with Crippen molar-refractivity contribution in [2.24, 2.45) is 5.92 Å². The van der Waals surface area contributed by atoms with Crippen molar-refractivity contribution in [1.29, 1.82) is 0 Å². The summed E-state index contributed by atoms with van der Waals surface area (Å²) in [5.74, 6) is 1.05. The lowest BCUT2D eigenvalue weighted by Crippen LogP contribution is -2.14. The standard InChI is InChI=1S/C11H16O2/c1-4-6-8-9(3)10(7-5-2)11(12)13/h2,8,10H,4,6-7H2,1,3H3,(H,12,13). The molecule has 0 saturated heterocycles. The number of terminal acetylenes is 1. The SMILES string of the molecule is C#CCC(C(=O)O)C(C)=CCCC. The van der Waals surface area contributed by atoms with E-state index in [1.54, 1.807) is 0 Å². The molecule has 1 unspecified atom stereocenters. The van der Waals surface area contributed by atoms with Crippen molar-refractivity contribution >= 4 is 5.97 Å². The molecule has 0 rings (SSSR count). The van der Waals surface area contributed by atoms with E-state index in [2.05, 4.69) is 12.8 Å². The summed E-state index contributed by atoms with van der Waals surface area (Å²) in [5, 5.41) is 8.84. The van der Waals surface area contributed by atoms with Crippen LogP contribution in [0.1, 0.15) is 33.1 Å². The number of hydrogen-bond donors (Lipinski definition) is 1. The number of allylic oxidation sites excluding steroid dienone is 1. The summed E-state index contributed by atoms with van der Waals surface area (Å²) < 4.78 is 0. The molecule has 2 heteroatoms. The van der Waals surface area contributed by atoms with Gasteiger partial charge in [-0.2, -0.15) is 0 Å². The maximum Gasteiger partial charge on any atom is 0.311 e. The van der Waals surface area contributed by atoms with Gasteiger partial charge in [-0.3, -0.25) is 4.79 Å². The fourth-order valence-electron chi connectivity index (χ4n) is 1.08. The first kappa shape index (κ1) is 11.8. The number of rotatable bonds is 5. The van der Waals surface area contributed by atoms with Crippen LogP contribution >= 0.6 is 0 Å². The second-order valence-corrected chi connectivity index (χ2v) is 3.04. The largest absolute Gasteiger partial charge is 0.481 e. The normalized spacial score (nSPS) is 13.5. The Labute approximate surface area is 79.7 Å². The Morgan fingerprint density at radius 2 is 2.31 bits per heavy atom. The van der Waals surface area contributed by atoms with Crippen LogP contribution < -0.4 is 0 Å². The van der Waals surface area contributed by atoms with Crippen molar-refractivity contribution in [3.63, 3.8) is 0 Å². The molecule has 0 fully saturated rings. The molecule has 1 atom stereocenters. The third-order valence-corrected chi connectivity index (χ3v) is 1.92. The van der Waals surface area contributed by atoms with Crippen LogP contribution in [0, 0.1) is 18.3 Å². The van der Waals surface area contributed by atoms with Crippen LogP contribution in [0.15, 0.2) is 11.6 Å². The first-order chi connectivity index (χ1) is 6.13. The first-order valence-electron chi connectivity index (χ1n) is 4.46. The zero-order chi connectivity index (χ0) is 10.3. The molecule has 0 aromatic rings. The fraction of sp³-hybridized carbons (Fsp3) is 0.545. The quantitative estimate of drug-likeness (QED) is 0.521. The summed E-state index contributed by atoms with van der Waals surface area (Å²) in [6.45, 7) is 3.88. The molecule has 0 aliphatic rings. The van der Waals surface area contributed by atoms with Crippen LogP contribution in [-0.2, 0) is 4.79 Å².